The Balaban J connectivity index is 1.77. The van der Waals surface area contributed by atoms with E-state index in [1.165, 1.54) is 6.42 Å². The van der Waals surface area contributed by atoms with E-state index in [2.05, 4.69) is 17.6 Å². The van der Waals surface area contributed by atoms with Gasteiger partial charge in [0.25, 0.3) is 5.91 Å². The molecule has 1 amide bonds. The van der Waals surface area contributed by atoms with Crippen LogP contribution in [0.4, 0.5) is 11.6 Å². The molecule has 2 aromatic carbocycles. The number of benzene rings is 2. The first-order valence-electron chi connectivity index (χ1n) is 11.8. The highest BCUT2D eigenvalue weighted by Gasteiger charge is 2.16. The molecular formula is C28H30N4O3. The molecule has 4 aromatic rings. The normalized spacial score (nSPS) is 10.7. The van der Waals surface area contributed by atoms with Crippen LogP contribution in [0.3, 0.4) is 0 Å². The van der Waals surface area contributed by atoms with Gasteiger partial charge >= 0.3 is 0 Å². The van der Waals surface area contributed by atoms with Gasteiger partial charge in [0.1, 0.15) is 23.1 Å². The Bertz CT molecular complexity index is 1290. The Morgan fingerprint density at radius 3 is 2.31 bits per heavy atom. The molecule has 0 saturated heterocycles. The highest BCUT2D eigenvalue weighted by molar-refractivity contribution is 6.06. The van der Waals surface area contributed by atoms with Crippen LogP contribution in [-0.2, 0) is 0 Å². The quantitative estimate of drug-likeness (QED) is 0.270. The predicted molar refractivity (Wildman–Crippen MR) is 140 cm³/mol. The molecule has 0 saturated carbocycles. The first kappa shape index (κ1) is 24.0. The van der Waals surface area contributed by atoms with Crippen molar-refractivity contribution in [2.75, 3.05) is 31.4 Å². The summed E-state index contributed by atoms with van der Waals surface area (Å²) in [6, 6.07) is 20.6. The molecule has 0 radical (unpaired) electrons. The fourth-order valence-corrected chi connectivity index (χ4v) is 3.79. The summed E-state index contributed by atoms with van der Waals surface area (Å²) in [5, 5.41) is 7.20. The molecule has 7 heteroatoms. The van der Waals surface area contributed by atoms with Gasteiger partial charge in [-0.15, -0.1) is 0 Å². The van der Waals surface area contributed by atoms with Crippen molar-refractivity contribution in [3.05, 3.63) is 72.3 Å². The van der Waals surface area contributed by atoms with Gasteiger partial charge in [0, 0.05) is 29.1 Å². The van der Waals surface area contributed by atoms with E-state index in [9.17, 15) is 4.79 Å². The third-order valence-electron chi connectivity index (χ3n) is 5.69. The lowest BCUT2D eigenvalue weighted by atomic mass is 10.0. The van der Waals surface area contributed by atoms with Gasteiger partial charge in [-0.2, -0.15) is 0 Å². The fourth-order valence-electron chi connectivity index (χ4n) is 3.79. The lowest BCUT2D eigenvalue weighted by Crippen LogP contribution is -2.14. The Kier molecular flexibility index (Phi) is 7.77. The summed E-state index contributed by atoms with van der Waals surface area (Å²) >= 11 is 0. The lowest BCUT2D eigenvalue weighted by molar-refractivity contribution is 0.102. The van der Waals surface area contributed by atoms with Crippen molar-refractivity contribution in [2.24, 2.45) is 0 Å². The van der Waals surface area contributed by atoms with Gasteiger partial charge in [-0.25, -0.2) is 9.97 Å². The number of methoxy groups -OCH3 is 2. The van der Waals surface area contributed by atoms with Crippen molar-refractivity contribution in [2.45, 2.75) is 26.2 Å². The summed E-state index contributed by atoms with van der Waals surface area (Å²) in [5.41, 5.74) is 2.64. The van der Waals surface area contributed by atoms with Crippen LogP contribution in [0, 0.1) is 0 Å². The highest BCUT2D eigenvalue weighted by atomic mass is 16.5. The van der Waals surface area contributed by atoms with Crippen LogP contribution in [0.25, 0.3) is 22.2 Å². The molecule has 35 heavy (non-hydrogen) atoms. The van der Waals surface area contributed by atoms with Crippen LogP contribution >= 0.6 is 0 Å². The van der Waals surface area contributed by atoms with Crippen LogP contribution < -0.4 is 20.1 Å². The minimum atomic E-state index is -0.248. The smallest absolute Gasteiger partial charge is 0.256 e. The average Bonchev–Trinajstić information content (AvgIpc) is 2.90. The zero-order valence-corrected chi connectivity index (χ0v) is 20.3. The summed E-state index contributed by atoms with van der Waals surface area (Å²) in [4.78, 5) is 22.5. The van der Waals surface area contributed by atoms with E-state index in [0.29, 0.717) is 28.5 Å². The van der Waals surface area contributed by atoms with E-state index in [-0.39, 0.29) is 5.91 Å². The fraction of sp³-hybridized carbons (Fsp3) is 0.250. The van der Waals surface area contributed by atoms with Crippen molar-refractivity contribution >= 4 is 28.6 Å². The molecule has 0 atom stereocenters. The molecular weight excluding hydrogens is 440 g/mol. The second kappa shape index (κ2) is 11.3. The molecule has 0 spiro atoms. The number of fused-ring (bicyclic) bond motifs is 1. The Hall–Kier alpha value is -4.13. The van der Waals surface area contributed by atoms with E-state index in [1.54, 1.807) is 32.4 Å². The second-order valence-corrected chi connectivity index (χ2v) is 8.18. The Morgan fingerprint density at radius 1 is 0.886 bits per heavy atom. The molecule has 0 aliphatic rings. The first-order chi connectivity index (χ1) is 17.1. The van der Waals surface area contributed by atoms with Gasteiger partial charge in [0.05, 0.1) is 14.2 Å². The number of hydrogen-bond acceptors (Lipinski definition) is 6. The third-order valence-corrected chi connectivity index (χ3v) is 5.69. The number of ether oxygens (including phenoxy) is 2. The van der Waals surface area contributed by atoms with Crippen LogP contribution in [-0.4, -0.2) is 36.6 Å². The Morgan fingerprint density at radius 2 is 1.63 bits per heavy atom. The van der Waals surface area contributed by atoms with Crippen LogP contribution in [0.1, 0.15) is 36.5 Å². The van der Waals surface area contributed by atoms with Crippen molar-refractivity contribution < 1.29 is 14.3 Å². The topological polar surface area (TPSA) is 85.4 Å². The molecule has 4 rings (SSSR count). The maximum Gasteiger partial charge on any atom is 0.256 e. The van der Waals surface area contributed by atoms with Crippen LogP contribution in [0.15, 0.2) is 66.7 Å². The summed E-state index contributed by atoms with van der Waals surface area (Å²) < 4.78 is 10.9. The van der Waals surface area contributed by atoms with Crippen molar-refractivity contribution in [1.82, 2.24) is 9.97 Å². The maximum absolute atomic E-state index is 13.0. The average molecular weight is 471 g/mol. The molecule has 180 valence electrons. The molecule has 0 fully saturated rings. The third kappa shape index (κ3) is 5.87. The number of unbranched alkanes of at least 4 members (excludes halogenated alkanes) is 2. The lowest BCUT2D eigenvalue weighted by Gasteiger charge is -2.15. The standard InChI is InChI=1S/C28H30N4O3/c1-4-5-9-14-29-25-13-12-20-17-24(21-15-22(34-2)18-23(16-21)35-3)27(31-26(20)30-25)32-28(33)19-10-7-6-8-11-19/h6-8,10-13,15-18H,4-5,9,14H2,1-3H3,(H2,29,30,31,32,33). The van der Waals surface area contributed by atoms with Gasteiger partial charge in [-0.05, 0) is 54.4 Å². The first-order valence-corrected chi connectivity index (χ1v) is 11.8. The Labute approximate surface area is 205 Å². The molecule has 7 nitrogen and oxygen atoms in total. The monoisotopic (exact) mass is 470 g/mol. The van der Waals surface area contributed by atoms with Gasteiger partial charge in [0.2, 0.25) is 0 Å². The second-order valence-electron chi connectivity index (χ2n) is 8.18. The number of nitrogens with one attached hydrogen (secondary N) is 2. The number of carbonyl (C=O) groups excluding carboxylic acids is 1. The molecule has 0 aliphatic heterocycles. The number of aromatic nitrogens is 2. The number of anilines is 2. The number of pyridine rings is 2. The van der Waals surface area contributed by atoms with Crippen LogP contribution in [0.2, 0.25) is 0 Å². The SMILES string of the molecule is CCCCCNc1ccc2cc(-c3cc(OC)cc(OC)c3)c(NC(=O)c3ccccc3)nc2n1. The van der Waals surface area contributed by atoms with E-state index in [4.69, 9.17) is 19.4 Å². The van der Waals surface area contributed by atoms with E-state index >= 15 is 0 Å². The molecule has 0 bridgehead atoms. The van der Waals surface area contributed by atoms with Crippen LogP contribution in [0.5, 0.6) is 11.5 Å². The summed E-state index contributed by atoms with van der Waals surface area (Å²) in [5.74, 6) is 2.21. The summed E-state index contributed by atoms with van der Waals surface area (Å²) in [6.45, 7) is 3.03. The summed E-state index contributed by atoms with van der Waals surface area (Å²) in [6.07, 6.45) is 3.41. The largest absolute Gasteiger partial charge is 0.497 e. The van der Waals surface area contributed by atoms with Gasteiger partial charge in [-0.1, -0.05) is 38.0 Å². The molecule has 2 N–H and O–H groups in total. The van der Waals surface area contributed by atoms with Crippen molar-refractivity contribution in [3.63, 3.8) is 0 Å². The van der Waals surface area contributed by atoms with E-state index in [0.717, 1.165) is 41.7 Å². The van der Waals surface area contributed by atoms with Gasteiger partial charge in [-0.3, -0.25) is 4.79 Å². The molecule has 2 heterocycles. The number of hydrogen-bond donors (Lipinski definition) is 2. The molecule has 0 aliphatic carbocycles. The van der Waals surface area contributed by atoms with Crippen molar-refractivity contribution in [1.29, 1.82) is 0 Å². The maximum atomic E-state index is 13.0. The number of nitrogens with zero attached hydrogens (tertiary/aromatic N) is 2. The molecule has 0 unspecified atom stereocenters. The highest BCUT2D eigenvalue weighted by Crippen LogP contribution is 2.35. The predicted octanol–water partition coefficient (Wildman–Crippen LogP) is 6.17. The summed E-state index contributed by atoms with van der Waals surface area (Å²) in [7, 11) is 3.21. The van der Waals surface area contributed by atoms with Gasteiger partial charge < -0.3 is 20.1 Å². The zero-order chi connectivity index (χ0) is 24.6. The number of rotatable bonds is 10. The number of amides is 1. The minimum absolute atomic E-state index is 0.248. The van der Waals surface area contributed by atoms with Gasteiger partial charge in [0.15, 0.2) is 5.65 Å². The van der Waals surface area contributed by atoms with Crippen molar-refractivity contribution in [3.8, 4) is 22.6 Å². The number of carbonyl (C=O) groups is 1. The molecule has 2 aromatic heterocycles. The van der Waals surface area contributed by atoms with E-state index < -0.39 is 0 Å². The van der Waals surface area contributed by atoms with E-state index in [1.807, 2.05) is 48.5 Å². The zero-order valence-electron chi connectivity index (χ0n) is 20.3. The minimum Gasteiger partial charge on any atom is -0.497 e.